The highest BCUT2D eigenvalue weighted by Gasteiger charge is 2.22. The normalized spacial score (nSPS) is 16.8. The molecule has 3 rings (SSSR count). The van der Waals surface area contributed by atoms with Crippen molar-refractivity contribution in [2.24, 2.45) is 0 Å². The van der Waals surface area contributed by atoms with E-state index in [2.05, 4.69) is 5.32 Å². The minimum atomic E-state index is -0.461. The van der Waals surface area contributed by atoms with E-state index in [9.17, 15) is 8.78 Å². The van der Waals surface area contributed by atoms with Crippen LogP contribution in [-0.2, 0) is 6.42 Å². The van der Waals surface area contributed by atoms with E-state index in [1.54, 1.807) is 0 Å². The molecular formula is C15H13F2NO. The number of nitrogens with one attached hydrogen (secondary N) is 1. The Morgan fingerprint density at radius 1 is 1.16 bits per heavy atom. The van der Waals surface area contributed by atoms with Crippen LogP contribution < -0.4 is 10.1 Å². The van der Waals surface area contributed by atoms with Gasteiger partial charge in [0.1, 0.15) is 23.5 Å². The summed E-state index contributed by atoms with van der Waals surface area (Å²) >= 11 is 0. The maximum atomic E-state index is 13.4. The largest absolute Gasteiger partial charge is 0.488 e. The summed E-state index contributed by atoms with van der Waals surface area (Å²) in [5.74, 6) is -0.0505. The van der Waals surface area contributed by atoms with Gasteiger partial charge in [0, 0.05) is 6.42 Å². The number of halogens is 2. The van der Waals surface area contributed by atoms with E-state index in [0.29, 0.717) is 6.54 Å². The molecule has 98 valence electrons. The highest BCUT2D eigenvalue weighted by Crippen LogP contribution is 2.28. The van der Waals surface area contributed by atoms with Gasteiger partial charge in [-0.05, 0) is 29.8 Å². The van der Waals surface area contributed by atoms with Crippen LogP contribution in [0.25, 0.3) is 0 Å². The SMILES string of the molecule is Fc1ccc(F)c(NCC2Cc3ccccc3O2)c1. The molecular weight excluding hydrogens is 248 g/mol. The molecule has 0 spiro atoms. The molecule has 1 N–H and O–H groups in total. The van der Waals surface area contributed by atoms with Gasteiger partial charge in [0.2, 0.25) is 0 Å². The van der Waals surface area contributed by atoms with Crippen molar-refractivity contribution in [1.29, 1.82) is 0 Å². The number of ether oxygens (including phenoxy) is 1. The van der Waals surface area contributed by atoms with Crippen LogP contribution in [0.5, 0.6) is 5.75 Å². The number of rotatable bonds is 3. The molecule has 0 aliphatic carbocycles. The molecule has 0 amide bonds. The first-order valence-electron chi connectivity index (χ1n) is 6.16. The average Bonchev–Trinajstić information content (AvgIpc) is 2.82. The number of para-hydroxylation sites is 1. The van der Waals surface area contributed by atoms with Crippen molar-refractivity contribution in [3.05, 3.63) is 59.7 Å². The summed E-state index contributed by atoms with van der Waals surface area (Å²) in [5.41, 5.74) is 1.31. The second kappa shape index (κ2) is 4.88. The predicted molar refractivity (Wildman–Crippen MR) is 69.4 cm³/mol. The fourth-order valence-corrected chi connectivity index (χ4v) is 2.22. The number of anilines is 1. The van der Waals surface area contributed by atoms with E-state index >= 15 is 0 Å². The summed E-state index contributed by atoms with van der Waals surface area (Å²) in [7, 11) is 0. The minimum absolute atomic E-state index is 0.0555. The quantitative estimate of drug-likeness (QED) is 0.914. The molecule has 1 aliphatic rings. The minimum Gasteiger partial charge on any atom is -0.488 e. The first-order chi connectivity index (χ1) is 9.22. The molecule has 2 nitrogen and oxygen atoms in total. The Morgan fingerprint density at radius 2 is 2.00 bits per heavy atom. The van der Waals surface area contributed by atoms with E-state index in [1.807, 2.05) is 24.3 Å². The summed E-state index contributed by atoms with van der Waals surface area (Å²) in [6.07, 6.45) is 0.722. The highest BCUT2D eigenvalue weighted by atomic mass is 19.1. The average molecular weight is 261 g/mol. The Bertz CT molecular complexity index is 575. The van der Waals surface area contributed by atoms with Crippen LogP contribution >= 0.6 is 0 Å². The third-order valence-electron chi connectivity index (χ3n) is 3.16. The van der Waals surface area contributed by atoms with Crippen molar-refractivity contribution in [3.63, 3.8) is 0 Å². The topological polar surface area (TPSA) is 21.3 Å². The third kappa shape index (κ3) is 2.52. The van der Waals surface area contributed by atoms with Gasteiger partial charge in [-0.2, -0.15) is 0 Å². The maximum Gasteiger partial charge on any atom is 0.146 e. The van der Waals surface area contributed by atoms with Crippen molar-refractivity contribution in [3.8, 4) is 5.75 Å². The highest BCUT2D eigenvalue weighted by molar-refractivity contribution is 5.45. The van der Waals surface area contributed by atoms with Gasteiger partial charge in [-0.3, -0.25) is 0 Å². The summed E-state index contributed by atoms with van der Waals surface area (Å²) in [6.45, 7) is 0.440. The van der Waals surface area contributed by atoms with Crippen molar-refractivity contribution >= 4 is 5.69 Å². The zero-order valence-electron chi connectivity index (χ0n) is 10.2. The third-order valence-corrected chi connectivity index (χ3v) is 3.16. The fraction of sp³-hybridized carbons (Fsp3) is 0.200. The molecule has 2 aromatic carbocycles. The molecule has 4 heteroatoms. The van der Waals surface area contributed by atoms with Crippen LogP contribution in [0.1, 0.15) is 5.56 Å². The van der Waals surface area contributed by atoms with Crippen LogP contribution in [0.2, 0.25) is 0 Å². The molecule has 2 aromatic rings. The Hall–Kier alpha value is -2.10. The van der Waals surface area contributed by atoms with Crippen molar-refractivity contribution in [1.82, 2.24) is 0 Å². The summed E-state index contributed by atoms with van der Waals surface area (Å²) in [6, 6.07) is 11.2. The summed E-state index contributed by atoms with van der Waals surface area (Å²) in [5, 5.41) is 2.89. The molecule has 0 saturated carbocycles. The van der Waals surface area contributed by atoms with Gasteiger partial charge in [0.25, 0.3) is 0 Å². The predicted octanol–water partition coefficient (Wildman–Crippen LogP) is 3.38. The van der Waals surface area contributed by atoms with E-state index in [-0.39, 0.29) is 11.8 Å². The maximum absolute atomic E-state index is 13.4. The molecule has 1 aliphatic heterocycles. The summed E-state index contributed by atoms with van der Waals surface area (Å²) in [4.78, 5) is 0. The van der Waals surface area contributed by atoms with Crippen LogP contribution in [0.3, 0.4) is 0 Å². The van der Waals surface area contributed by atoms with E-state index in [4.69, 9.17) is 4.74 Å². The van der Waals surface area contributed by atoms with Crippen molar-refractivity contribution < 1.29 is 13.5 Å². The van der Waals surface area contributed by atoms with Gasteiger partial charge in [-0.25, -0.2) is 8.78 Å². The number of benzene rings is 2. The lowest BCUT2D eigenvalue weighted by atomic mass is 10.1. The Balaban J connectivity index is 1.64. The molecule has 0 aromatic heterocycles. The Morgan fingerprint density at radius 3 is 2.84 bits per heavy atom. The lowest BCUT2D eigenvalue weighted by molar-refractivity contribution is 0.246. The second-order valence-corrected chi connectivity index (χ2v) is 4.56. The molecule has 0 radical (unpaired) electrons. The summed E-state index contributed by atoms with van der Waals surface area (Å²) < 4.78 is 32.2. The monoisotopic (exact) mass is 261 g/mol. The van der Waals surface area contributed by atoms with E-state index in [0.717, 1.165) is 35.9 Å². The van der Waals surface area contributed by atoms with Crippen LogP contribution in [0, 0.1) is 11.6 Å². The van der Waals surface area contributed by atoms with Crippen LogP contribution in [0.4, 0.5) is 14.5 Å². The molecule has 1 unspecified atom stereocenters. The molecule has 19 heavy (non-hydrogen) atoms. The molecule has 1 atom stereocenters. The Labute approximate surface area is 110 Å². The smallest absolute Gasteiger partial charge is 0.146 e. The number of hydrogen-bond donors (Lipinski definition) is 1. The van der Waals surface area contributed by atoms with Gasteiger partial charge in [-0.1, -0.05) is 18.2 Å². The van der Waals surface area contributed by atoms with E-state index < -0.39 is 11.6 Å². The van der Waals surface area contributed by atoms with E-state index in [1.165, 1.54) is 0 Å². The molecule has 0 saturated heterocycles. The number of hydrogen-bond acceptors (Lipinski definition) is 2. The van der Waals surface area contributed by atoms with Gasteiger partial charge in [-0.15, -0.1) is 0 Å². The van der Waals surface area contributed by atoms with Crippen LogP contribution in [-0.4, -0.2) is 12.6 Å². The zero-order chi connectivity index (χ0) is 13.2. The second-order valence-electron chi connectivity index (χ2n) is 4.56. The van der Waals surface area contributed by atoms with Gasteiger partial charge in [0.15, 0.2) is 0 Å². The van der Waals surface area contributed by atoms with Crippen molar-refractivity contribution in [2.75, 3.05) is 11.9 Å². The van der Waals surface area contributed by atoms with Gasteiger partial charge < -0.3 is 10.1 Å². The first-order valence-corrected chi connectivity index (χ1v) is 6.16. The molecule has 0 bridgehead atoms. The standard InChI is InChI=1S/C15H13F2NO/c16-11-5-6-13(17)14(8-11)18-9-12-7-10-3-1-2-4-15(10)19-12/h1-6,8,12,18H,7,9H2. The zero-order valence-corrected chi connectivity index (χ0v) is 10.2. The first kappa shape index (κ1) is 12.0. The van der Waals surface area contributed by atoms with Gasteiger partial charge in [0.05, 0.1) is 12.2 Å². The lowest BCUT2D eigenvalue weighted by Crippen LogP contribution is -2.24. The Kier molecular flexibility index (Phi) is 3.07. The van der Waals surface area contributed by atoms with Crippen molar-refractivity contribution in [2.45, 2.75) is 12.5 Å². The van der Waals surface area contributed by atoms with Crippen LogP contribution in [0.15, 0.2) is 42.5 Å². The number of fused-ring (bicyclic) bond motifs is 1. The molecule has 0 fully saturated rings. The molecule has 1 heterocycles. The van der Waals surface area contributed by atoms with Gasteiger partial charge >= 0.3 is 0 Å². The lowest BCUT2D eigenvalue weighted by Gasteiger charge is -2.13. The fourth-order valence-electron chi connectivity index (χ4n) is 2.22.